The van der Waals surface area contributed by atoms with Gasteiger partial charge in [0.15, 0.2) is 5.96 Å². The quantitative estimate of drug-likeness (QED) is 0.272. The first-order valence-corrected chi connectivity index (χ1v) is 9.57. The van der Waals surface area contributed by atoms with Crippen LogP contribution in [0.4, 0.5) is 0 Å². The molecule has 0 atom stereocenters. The molecule has 7 nitrogen and oxygen atoms in total. The third kappa shape index (κ3) is 5.82. The predicted molar refractivity (Wildman–Crippen MR) is 115 cm³/mol. The van der Waals surface area contributed by atoms with Crippen molar-refractivity contribution in [1.82, 2.24) is 25.3 Å². The number of hydrogen-bond donors (Lipinski definition) is 2. The predicted octanol–water partition coefficient (Wildman–Crippen LogP) is 1.70. The summed E-state index contributed by atoms with van der Waals surface area (Å²) < 4.78 is 7.58. The molecule has 2 N–H and O–H groups in total. The van der Waals surface area contributed by atoms with E-state index >= 15 is 0 Å². The van der Waals surface area contributed by atoms with E-state index < -0.39 is 0 Å². The summed E-state index contributed by atoms with van der Waals surface area (Å²) in [6.45, 7) is 6.93. The first-order chi connectivity index (χ1) is 12.3. The van der Waals surface area contributed by atoms with Crippen LogP contribution < -0.4 is 10.6 Å². The van der Waals surface area contributed by atoms with E-state index in [0.717, 1.165) is 58.1 Å². The molecule has 3 rings (SSSR count). The number of guanidine groups is 1. The lowest BCUT2D eigenvalue weighted by atomic mass is 9.88. The standard InChI is InChI=1S/C18H32N6O.HI/c1-19-17(20-8-4-12-24-13-5-9-22-24)21-16-18(6-14-25-15-7-18)23-10-2-3-11-23;/h5,9,13H,2-4,6-8,10-12,14-16H2,1H3,(H2,19,20,21);1H. The van der Waals surface area contributed by atoms with Crippen molar-refractivity contribution >= 4 is 29.9 Å². The first-order valence-electron chi connectivity index (χ1n) is 9.57. The molecule has 8 heteroatoms. The molecule has 0 aromatic carbocycles. The van der Waals surface area contributed by atoms with Gasteiger partial charge in [0.1, 0.15) is 0 Å². The van der Waals surface area contributed by atoms with Crippen LogP contribution in [0.15, 0.2) is 23.5 Å². The largest absolute Gasteiger partial charge is 0.381 e. The van der Waals surface area contributed by atoms with Crippen molar-refractivity contribution in [1.29, 1.82) is 0 Å². The second kappa shape index (κ2) is 11.1. The van der Waals surface area contributed by atoms with Gasteiger partial charge in [0.2, 0.25) is 0 Å². The smallest absolute Gasteiger partial charge is 0.191 e. The number of halogens is 1. The van der Waals surface area contributed by atoms with E-state index in [1.165, 1.54) is 25.9 Å². The summed E-state index contributed by atoms with van der Waals surface area (Å²) in [5.74, 6) is 0.894. The van der Waals surface area contributed by atoms with Gasteiger partial charge in [0.05, 0.1) is 0 Å². The zero-order valence-corrected chi connectivity index (χ0v) is 18.2. The SMILES string of the molecule is CN=C(NCCCn1cccn1)NCC1(N2CCCC2)CCOCC1.I. The van der Waals surface area contributed by atoms with E-state index in [1.54, 1.807) is 0 Å². The zero-order chi connectivity index (χ0) is 17.4. The molecule has 1 aromatic heterocycles. The van der Waals surface area contributed by atoms with Gasteiger partial charge in [-0.15, -0.1) is 24.0 Å². The number of nitrogens with zero attached hydrogens (tertiary/aromatic N) is 4. The maximum Gasteiger partial charge on any atom is 0.191 e. The summed E-state index contributed by atoms with van der Waals surface area (Å²) in [6.07, 6.45) is 9.70. The highest BCUT2D eigenvalue weighted by Gasteiger charge is 2.39. The fraction of sp³-hybridized carbons (Fsp3) is 0.778. The van der Waals surface area contributed by atoms with Gasteiger partial charge in [0, 0.05) is 57.8 Å². The van der Waals surface area contributed by atoms with Crippen LogP contribution in [0.5, 0.6) is 0 Å². The molecule has 3 heterocycles. The van der Waals surface area contributed by atoms with Gasteiger partial charge >= 0.3 is 0 Å². The first kappa shape index (κ1) is 21.4. The average molecular weight is 476 g/mol. The Hall–Kier alpha value is -0.870. The Bertz CT molecular complexity index is 524. The summed E-state index contributed by atoms with van der Waals surface area (Å²) in [5.41, 5.74) is 0.224. The van der Waals surface area contributed by atoms with Gasteiger partial charge in [-0.25, -0.2) is 0 Å². The minimum Gasteiger partial charge on any atom is -0.381 e. The molecule has 0 bridgehead atoms. The molecule has 2 fully saturated rings. The summed E-state index contributed by atoms with van der Waals surface area (Å²) in [6, 6.07) is 1.96. The number of likely N-dealkylation sites (tertiary alicyclic amines) is 1. The van der Waals surface area contributed by atoms with Crippen molar-refractivity contribution in [3.63, 3.8) is 0 Å². The molecule has 0 aliphatic carbocycles. The Morgan fingerprint density at radius 3 is 2.65 bits per heavy atom. The van der Waals surface area contributed by atoms with E-state index in [0.29, 0.717) is 0 Å². The van der Waals surface area contributed by atoms with Gasteiger partial charge in [-0.3, -0.25) is 14.6 Å². The molecule has 0 spiro atoms. The topological polar surface area (TPSA) is 66.7 Å². The molecule has 0 saturated carbocycles. The molecule has 0 unspecified atom stereocenters. The van der Waals surface area contributed by atoms with Crippen molar-refractivity contribution in [2.45, 2.75) is 44.2 Å². The van der Waals surface area contributed by atoms with Crippen LogP contribution in [0.1, 0.15) is 32.1 Å². The highest BCUT2D eigenvalue weighted by Crippen LogP contribution is 2.30. The number of aryl methyl sites for hydroxylation is 1. The fourth-order valence-electron chi connectivity index (χ4n) is 3.90. The van der Waals surface area contributed by atoms with Crippen LogP contribution in [0.25, 0.3) is 0 Å². The van der Waals surface area contributed by atoms with Gasteiger partial charge < -0.3 is 15.4 Å². The Labute approximate surface area is 174 Å². The molecule has 2 saturated heterocycles. The van der Waals surface area contributed by atoms with Gasteiger partial charge in [-0.1, -0.05) is 0 Å². The van der Waals surface area contributed by atoms with E-state index in [1.807, 2.05) is 30.2 Å². The lowest BCUT2D eigenvalue weighted by Crippen LogP contribution is -2.58. The molecule has 0 amide bonds. The molecular weight excluding hydrogens is 443 g/mol. The summed E-state index contributed by atoms with van der Waals surface area (Å²) >= 11 is 0. The lowest BCUT2D eigenvalue weighted by molar-refractivity contribution is -0.0164. The van der Waals surface area contributed by atoms with Gasteiger partial charge in [0.25, 0.3) is 0 Å². The molecule has 1 aromatic rings. The Morgan fingerprint density at radius 1 is 1.23 bits per heavy atom. The van der Waals surface area contributed by atoms with Gasteiger partial charge in [-0.2, -0.15) is 5.10 Å². The van der Waals surface area contributed by atoms with Crippen LogP contribution in [0, 0.1) is 0 Å². The Kier molecular flexibility index (Phi) is 9.13. The third-order valence-corrected chi connectivity index (χ3v) is 5.42. The van der Waals surface area contributed by atoms with E-state index in [2.05, 4.69) is 25.6 Å². The van der Waals surface area contributed by atoms with Crippen LogP contribution in [-0.2, 0) is 11.3 Å². The number of ether oxygens (including phenoxy) is 1. The summed E-state index contributed by atoms with van der Waals surface area (Å²) in [4.78, 5) is 7.06. The maximum absolute atomic E-state index is 5.62. The second-order valence-electron chi connectivity index (χ2n) is 7.01. The molecular formula is C18H33IN6O. The minimum atomic E-state index is 0. The average Bonchev–Trinajstić information content (AvgIpc) is 3.36. The fourth-order valence-corrected chi connectivity index (χ4v) is 3.90. The number of aromatic nitrogens is 2. The monoisotopic (exact) mass is 476 g/mol. The molecule has 2 aliphatic heterocycles. The van der Waals surface area contributed by atoms with Crippen LogP contribution in [0.2, 0.25) is 0 Å². The van der Waals surface area contributed by atoms with Crippen molar-refractivity contribution in [2.75, 3.05) is 46.4 Å². The van der Waals surface area contributed by atoms with Crippen LogP contribution >= 0.6 is 24.0 Å². The van der Waals surface area contributed by atoms with Crippen LogP contribution in [-0.4, -0.2) is 72.6 Å². The minimum absolute atomic E-state index is 0. The highest BCUT2D eigenvalue weighted by molar-refractivity contribution is 14.0. The number of nitrogens with one attached hydrogen (secondary N) is 2. The zero-order valence-electron chi connectivity index (χ0n) is 15.8. The molecule has 26 heavy (non-hydrogen) atoms. The Morgan fingerprint density at radius 2 is 2.00 bits per heavy atom. The number of rotatable bonds is 7. The molecule has 148 valence electrons. The van der Waals surface area contributed by atoms with E-state index in [-0.39, 0.29) is 29.5 Å². The summed E-state index contributed by atoms with van der Waals surface area (Å²) in [5, 5.41) is 11.2. The van der Waals surface area contributed by atoms with Crippen molar-refractivity contribution in [3.05, 3.63) is 18.5 Å². The number of hydrogen-bond acceptors (Lipinski definition) is 4. The second-order valence-corrected chi connectivity index (χ2v) is 7.01. The van der Waals surface area contributed by atoms with Crippen molar-refractivity contribution < 1.29 is 4.74 Å². The van der Waals surface area contributed by atoms with Crippen molar-refractivity contribution in [2.24, 2.45) is 4.99 Å². The molecule has 0 radical (unpaired) electrons. The lowest BCUT2D eigenvalue weighted by Gasteiger charge is -2.45. The van der Waals surface area contributed by atoms with Crippen LogP contribution in [0.3, 0.4) is 0 Å². The Balaban J connectivity index is 0.00000243. The maximum atomic E-state index is 5.62. The van der Waals surface area contributed by atoms with Crippen molar-refractivity contribution in [3.8, 4) is 0 Å². The van der Waals surface area contributed by atoms with E-state index in [9.17, 15) is 0 Å². The van der Waals surface area contributed by atoms with Gasteiger partial charge in [-0.05, 0) is 51.3 Å². The highest BCUT2D eigenvalue weighted by atomic mass is 127. The normalized spacial score (nSPS) is 20.6. The van der Waals surface area contributed by atoms with E-state index in [4.69, 9.17) is 4.74 Å². The third-order valence-electron chi connectivity index (χ3n) is 5.42. The summed E-state index contributed by atoms with van der Waals surface area (Å²) in [7, 11) is 1.84. The number of aliphatic imine (C=N–C) groups is 1. The molecule has 2 aliphatic rings.